The standard InChI is InChI=1S/C16H26N2O/c1-18(13-8-11-4-5-12(9-13)17-11)15(19)14-10-16(14)6-2-3-7-16/h11-14,17H,2-10H2,1H3. The van der Waals surface area contributed by atoms with Crippen LogP contribution in [0.5, 0.6) is 0 Å². The molecule has 2 aliphatic heterocycles. The summed E-state index contributed by atoms with van der Waals surface area (Å²) >= 11 is 0. The SMILES string of the molecule is CN(C(=O)C1CC12CCCC2)C1CC2CCC(C1)N2. The van der Waals surface area contributed by atoms with Crippen molar-refractivity contribution in [2.24, 2.45) is 11.3 Å². The topological polar surface area (TPSA) is 32.3 Å². The predicted octanol–water partition coefficient (Wildman–Crippen LogP) is 2.31. The number of rotatable bonds is 2. The molecule has 3 heteroatoms. The number of piperidine rings is 1. The van der Waals surface area contributed by atoms with Crippen LogP contribution in [0.15, 0.2) is 0 Å². The molecule has 2 heterocycles. The van der Waals surface area contributed by atoms with E-state index in [1.807, 2.05) is 0 Å². The molecule has 1 spiro atoms. The Balaban J connectivity index is 1.40. The van der Waals surface area contributed by atoms with E-state index in [0.29, 0.717) is 35.4 Å². The first-order chi connectivity index (χ1) is 9.18. The highest BCUT2D eigenvalue weighted by atomic mass is 16.2. The average molecular weight is 262 g/mol. The molecule has 2 saturated heterocycles. The molecule has 3 atom stereocenters. The van der Waals surface area contributed by atoms with Gasteiger partial charge in [-0.3, -0.25) is 4.79 Å². The summed E-state index contributed by atoms with van der Waals surface area (Å²) in [5.74, 6) is 0.848. The van der Waals surface area contributed by atoms with E-state index in [4.69, 9.17) is 0 Å². The molecule has 4 rings (SSSR count). The number of amides is 1. The number of carbonyl (C=O) groups excluding carboxylic acids is 1. The molecule has 3 unspecified atom stereocenters. The molecule has 2 bridgehead atoms. The second kappa shape index (κ2) is 4.21. The van der Waals surface area contributed by atoms with Crippen molar-refractivity contribution in [1.29, 1.82) is 0 Å². The number of hydrogen-bond donors (Lipinski definition) is 1. The zero-order chi connectivity index (χ0) is 13.0. The number of fused-ring (bicyclic) bond motifs is 2. The van der Waals surface area contributed by atoms with Crippen LogP contribution in [0.1, 0.15) is 57.8 Å². The first kappa shape index (κ1) is 12.2. The summed E-state index contributed by atoms with van der Waals surface area (Å²) in [5, 5.41) is 3.67. The van der Waals surface area contributed by atoms with E-state index < -0.39 is 0 Å². The Labute approximate surface area is 116 Å². The van der Waals surface area contributed by atoms with Crippen molar-refractivity contribution in [2.75, 3.05) is 7.05 Å². The third-order valence-electron chi connectivity index (χ3n) is 6.43. The van der Waals surface area contributed by atoms with Crippen LogP contribution in [0.2, 0.25) is 0 Å². The molecule has 0 radical (unpaired) electrons. The van der Waals surface area contributed by atoms with Gasteiger partial charge in [-0.25, -0.2) is 0 Å². The third kappa shape index (κ3) is 1.93. The van der Waals surface area contributed by atoms with E-state index in [-0.39, 0.29) is 0 Å². The van der Waals surface area contributed by atoms with Gasteiger partial charge in [0.2, 0.25) is 5.91 Å². The van der Waals surface area contributed by atoms with E-state index in [1.54, 1.807) is 0 Å². The maximum absolute atomic E-state index is 12.7. The smallest absolute Gasteiger partial charge is 0.226 e. The van der Waals surface area contributed by atoms with Crippen LogP contribution in [-0.2, 0) is 4.79 Å². The summed E-state index contributed by atoms with van der Waals surface area (Å²) in [5.41, 5.74) is 0.456. The van der Waals surface area contributed by atoms with Gasteiger partial charge >= 0.3 is 0 Å². The van der Waals surface area contributed by atoms with E-state index in [2.05, 4.69) is 17.3 Å². The van der Waals surface area contributed by atoms with Gasteiger partial charge < -0.3 is 10.2 Å². The van der Waals surface area contributed by atoms with Crippen molar-refractivity contribution in [1.82, 2.24) is 10.2 Å². The van der Waals surface area contributed by atoms with Gasteiger partial charge in [-0.2, -0.15) is 0 Å². The summed E-state index contributed by atoms with van der Waals surface area (Å²) in [6, 6.07) is 1.86. The van der Waals surface area contributed by atoms with Crippen molar-refractivity contribution in [3.8, 4) is 0 Å². The van der Waals surface area contributed by atoms with E-state index in [0.717, 1.165) is 0 Å². The highest BCUT2D eigenvalue weighted by molar-refractivity contribution is 5.83. The normalized spacial score (nSPS) is 42.6. The largest absolute Gasteiger partial charge is 0.342 e. The summed E-state index contributed by atoms with van der Waals surface area (Å²) in [6.45, 7) is 0. The summed E-state index contributed by atoms with van der Waals surface area (Å²) in [4.78, 5) is 14.8. The average Bonchev–Trinajstić information content (AvgIpc) is 2.73. The van der Waals surface area contributed by atoms with Crippen LogP contribution in [-0.4, -0.2) is 36.0 Å². The highest BCUT2D eigenvalue weighted by Crippen LogP contribution is 2.63. The number of hydrogen-bond acceptors (Lipinski definition) is 2. The molecule has 3 nitrogen and oxygen atoms in total. The molecule has 2 saturated carbocycles. The summed E-state index contributed by atoms with van der Waals surface area (Å²) < 4.78 is 0. The summed E-state index contributed by atoms with van der Waals surface area (Å²) in [7, 11) is 2.07. The second-order valence-corrected chi connectivity index (χ2v) is 7.54. The Bertz CT molecular complexity index is 376. The molecule has 4 aliphatic rings. The fourth-order valence-electron chi connectivity index (χ4n) is 5.10. The first-order valence-electron chi connectivity index (χ1n) is 8.21. The lowest BCUT2D eigenvalue weighted by Gasteiger charge is -2.36. The lowest BCUT2D eigenvalue weighted by Crippen LogP contribution is -2.49. The molecule has 19 heavy (non-hydrogen) atoms. The number of carbonyl (C=O) groups is 1. The molecule has 0 aromatic rings. The van der Waals surface area contributed by atoms with Crippen LogP contribution < -0.4 is 5.32 Å². The lowest BCUT2D eigenvalue weighted by molar-refractivity contribution is -0.135. The van der Waals surface area contributed by atoms with Gasteiger partial charge in [0.1, 0.15) is 0 Å². The van der Waals surface area contributed by atoms with E-state index >= 15 is 0 Å². The molecule has 0 aromatic heterocycles. The van der Waals surface area contributed by atoms with Crippen LogP contribution >= 0.6 is 0 Å². The number of nitrogens with zero attached hydrogens (tertiary/aromatic N) is 1. The fraction of sp³-hybridized carbons (Fsp3) is 0.938. The van der Waals surface area contributed by atoms with E-state index in [9.17, 15) is 4.79 Å². The maximum atomic E-state index is 12.7. The minimum absolute atomic E-state index is 0.382. The van der Waals surface area contributed by atoms with Crippen LogP contribution in [0.4, 0.5) is 0 Å². The Kier molecular flexibility index (Phi) is 2.70. The monoisotopic (exact) mass is 262 g/mol. The van der Waals surface area contributed by atoms with Crippen LogP contribution in [0, 0.1) is 11.3 Å². The zero-order valence-electron chi connectivity index (χ0n) is 12.0. The van der Waals surface area contributed by atoms with Crippen molar-refractivity contribution >= 4 is 5.91 Å². The maximum Gasteiger partial charge on any atom is 0.226 e. The third-order valence-corrected chi connectivity index (χ3v) is 6.43. The lowest BCUT2D eigenvalue weighted by atomic mass is 9.97. The van der Waals surface area contributed by atoms with E-state index in [1.165, 1.54) is 57.8 Å². The van der Waals surface area contributed by atoms with Gasteiger partial charge in [0.25, 0.3) is 0 Å². The predicted molar refractivity (Wildman–Crippen MR) is 74.7 cm³/mol. The first-order valence-corrected chi connectivity index (χ1v) is 8.21. The van der Waals surface area contributed by atoms with Crippen LogP contribution in [0.25, 0.3) is 0 Å². The molecule has 4 fully saturated rings. The Morgan fingerprint density at radius 3 is 2.42 bits per heavy atom. The van der Waals surface area contributed by atoms with Crippen molar-refractivity contribution < 1.29 is 4.79 Å². The van der Waals surface area contributed by atoms with Gasteiger partial charge in [0.05, 0.1) is 0 Å². The molecule has 1 N–H and O–H groups in total. The summed E-state index contributed by atoms with van der Waals surface area (Å²) in [6.07, 6.45) is 11.5. The molecular formula is C16H26N2O. The van der Waals surface area contributed by atoms with Crippen LogP contribution in [0.3, 0.4) is 0 Å². The van der Waals surface area contributed by atoms with Crippen molar-refractivity contribution in [3.05, 3.63) is 0 Å². The van der Waals surface area contributed by atoms with Gasteiger partial charge in [-0.05, 0) is 50.4 Å². The molecular weight excluding hydrogens is 236 g/mol. The Morgan fingerprint density at radius 1 is 1.16 bits per heavy atom. The van der Waals surface area contributed by atoms with Gasteiger partial charge in [-0.15, -0.1) is 0 Å². The fourth-order valence-corrected chi connectivity index (χ4v) is 5.10. The Morgan fingerprint density at radius 2 is 1.79 bits per heavy atom. The quantitative estimate of drug-likeness (QED) is 0.828. The molecule has 106 valence electrons. The molecule has 2 aliphatic carbocycles. The highest BCUT2D eigenvalue weighted by Gasteiger charge is 2.59. The van der Waals surface area contributed by atoms with Gasteiger partial charge in [-0.1, -0.05) is 12.8 Å². The Hall–Kier alpha value is -0.570. The minimum atomic E-state index is 0.382. The molecule has 1 amide bonds. The number of nitrogens with one attached hydrogen (secondary N) is 1. The van der Waals surface area contributed by atoms with Gasteiger partial charge in [0, 0.05) is 31.1 Å². The van der Waals surface area contributed by atoms with Gasteiger partial charge in [0.15, 0.2) is 0 Å². The zero-order valence-corrected chi connectivity index (χ0v) is 12.0. The second-order valence-electron chi connectivity index (χ2n) is 7.54. The van der Waals surface area contributed by atoms with Crippen molar-refractivity contribution in [3.63, 3.8) is 0 Å². The van der Waals surface area contributed by atoms with Crippen molar-refractivity contribution in [2.45, 2.75) is 75.9 Å². The minimum Gasteiger partial charge on any atom is -0.342 e. The molecule has 0 aromatic carbocycles.